The summed E-state index contributed by atoms with van der Waals surface area (Å²) in [7, 11) is 0. The number of anilines is 1. The van der Waals surface area contributed by atoms with Gasteiger partial charge in [-0.3, -0.25) is 0 Å². The van der Waals surface area contributed by atoms with Gasteiger partial charge in [0.1, 0.15) is 0 Å². The highest BCUT2D eigenvalue weighted by Gasteiger charge is 2.19. The summed E-state index contributed by atoms with van der Waals surface area (Å²) in [5, 5.41) is 8.07. The van der Waals surface area contributed by atoms with E-state index in [1.165, 1.54) is 12.8 Å². The van der Waals surface area contributed by atoms with Crippen molar-refractivity contribution < 1.29 is 0 Å². The molecule has 0 radical (unpaired) electrons. The van der Waals surface area contributed by atoms with Gasteiger partial charge in [0.15, 0.2) is 5.65 Å². The van der Waals surface area contributed by atoms with Crippen LogP contribution in [0.1, 0.15) is 26.2 Å². The first-order chi connectivity index (χ1) is 10.3. The Hall–Kier alpha value is -1.14. The minimum atomic E-state index is 0.746. The van der Waals surface area contributed by atoms with Crippen LogP contribution in [0, 0.1) is 5.92 Å². The molecule has 1 fully saturated rings. The molecule has 3 rings (SSSR count). The topological polar surface area (TPSA) is 45.5 Å². The van der Waals surface area contributed by atoms with Crippen LogP contribution in [0.2, 0.25) is 0 Å². The lowest BCUT2D eigenvalue weighted by Gasteiger charge is -2.29. The molecule has 1 saturated heterocycles. The molecule has 0 aliphatic carbocycles. The predicted octanol–water partition coefficient (Wildman–Crippen LogP) is 2.71. The molecule has 0 bridgehead atoms. The second kappa shape index (κ2) is 6.75. The zero-order valence-corrected chi connectivity index (χ0v) is 14.0. The quantitative estimate of drug-likeness (QED) is 0.899. The lowest BCUT2D eigenvalue weighted by molar-refractivity contribution is 0.372. The van der Waals surface area contributed by atoms with E-state index >= 15 is 0 Å². The minimum Gasteiger partial charge on any atom is -0.339 e. The molecule has 2 aromatic rings. The Morgan fingerprint density at radius 3 is 2.95 bits per heavy atom. The summed E-state index contributed by atoms with van der Waals surface area (Å²) in [6.07, 6.45) is 5.57. The lowest BCUT2D eigenvalue weighted by atomic mass is 9.97. The van der Waals surface area contributed by atoms with Crippen LogP contribution in [0.25, 0.3) is 5.65 Å². The van der Waals surface area contributed by atoms with Crippen molar-refractivity contribution in [2.24, 2.45) is 5.92 Å². The molecule has 0 saturated carbocycles. The van der Waals surface area contributed by atoms with Gasteiger partial charge in [-0.2, -0.15) is 4.98 Å². The third kappa shape index (κ3) is 3.55. The molecule has 21 heavy (non-hydrogen) atoms. The summed E-state index contributed by atoms with van der Waals surface area (Å²) >= 11 is 3.48. The Morgan fingerprint density at radius 1 is 1.38 bits per heavy atom. The molecule has 3 heterocycles. The van der Waals surface area contributed by atoms with Crippen molar-refractivity contribution in [3.63, 3.8) is 0 Å². The van der Waals surface area contributed by atoms with Crippen molar-refractivity contribution in [1.82, 2.24) is 19.9 Å². The van der Waals surface area contributed by atoms with Gasteiger partial charge in [0.25, 0.3) is 0 Å². The summed E-state index contributed by atoms with van der Waals surface area (Å²) < 4.78 is 2.87. The Bertz CT molecular complexity index is 591. The Balaban J connectivity index is 1.80. The van der Waals surface area contributed by atoms with Crippen molar-refractivity contribution >= 4 is 27.5 Å². The summed E-state index contributed by atoms with van der Waals surface area (Å²) in [5.74, 6) is 1.60. The number of halogens is 1. The van der Waals surface area contributed by atoms with E-state index in [1.807, 2.05) is 22.8 Å². The first-order valence-electron chi connectivity index (χ1n) is 7.74. The molecular formula is C15H22BrN5. The van der Waals surface area contributed by atoms with Gasteiger partial charge in [0, 0.05) is 23.8 Å². The van der Waals surface area contributed by atoms with Gasteiger partial charge < -0.3 is 10.2 Å². The molecule has 0 amide bonds. The van der Waals surface area contributed by atoms with E-state index in [2.05, 4.69) is 43.2 Å². The third-order valence-electron chi connectivity index (χ3n) is 4.00. The molecule has 6 heteroatoms. The Kier molecular flexibility index (Phi) is 4.75. The second-order valence-electron chi connectivity index (χ2n) is 5.70. The van der Waals surface area contributed by atoms with Crippen LogP contribution in [0.4, 0.5) is 5.95 Å². The van der Waals surface area contributed by atoms with Gasteiger partial charge >= 0.3 is 0 Å². The average molecular weight is 352 g/mol. The van der Waals surface area contributed by atoms with E-state index in [0.29, 0.717) is 0 Å². The smallest absolute Gasteiger partial charge is 0.245 e. The van der Waals surface area contributed by atoms with Crippen molar-refractivity contribution in [2.45, 2.75) is 26.2 Å². The molecule has 0 unspecified atom stereocenters. The highest BCUT2D eigenvalue weighted by Crippen LogP contribution is 2.19. The van der Waals surface area contributed by atoms with E-state index in [4.69, 9.17) is 0 Å². The van der Waals surface area contributed by atoms with Crippen LogP contribution < -0.4 is 10.2 Å². The van der Waals surface area contributed by atoms with Crippen molar-refractivity contribution in [1.29, 1.82) is 0 Å². The van der Waals surface area contributed by atoms with Crippen molar-refractivity contribution in [3.05, 3.63) is 22.8 Å². The van der Waals surface area contributed by atoms with Crippen molar-refractivity contribution in [2.75, 3.05) is 31.1 Å². The SMILES string of the molecule is CCCN(CC1CCNCC1)c1nc2ccc(Br)cn2n1. The number of hydrogen-bond acceptors (Lipinski definition) is 4. The predicted molar refractivity (Wildman–Crippen MR) is 88.8 cm³/mol. The maximum absolute atomic E-state index is 4.68. The number of aromatic nitrogens is 3. The van der Waals surface area contributed by atoms with Crippen LogP contribution in [-0.2, 0) is 0 Å². The van der Waals surface area contributed by atoms with Crippen LogP contribution in [0.5, 0.6) is 0 Å². The highest BCUT2D eigenvalue weighted by molar-refractivity contribution is 9.10. The van der Waals surface area contributed by atoms with E-state index in [1.54, 1.807) is 0 Å². The molecule has 1 aliphatic rings. The number of piperidine rings is 1. The number of fused-ring (bicyclic) bond motifs is 1. The first kappa shape index (κ1) is 14.8. The van der Waals surface area contributed by atoms with Crippen molar-refractivity contribution in [3.8, 4) is 0 Å². The summed E-state index contributed by atoms with van der Waals surface area (Å²) in [5.41, 5.74) is 0.902. The van der Waals surface area contributed by atoms with Gasteiger partial charge in [-0.15, -0.1) is 5.10 Å². The van der Waals surface area contributed by atoms with Crippen LogP contribution >= 0.6 is 15.9 Å². The van der Waals surface area contributed by atoms with Gasteiger partial charge in [-0.25, -0.2) is 4.52 Å². The molecule has 1 aliphatic heterocycles. The van der Waals surface area contributed by atoms with Gasteiger partial charge in [0.2, 0.25) is 5.95 Å². The molecule has 2 aromatic heterocycles. The van der Waals surface area contributed by atoms with E-state index in [-0.39, 0.29) is 0 Å². The largest absolute Gasteiger partial charge is 0.339 e. The third-order valence-corrected chi connectivity index (χ3v) is 4.47. The maximum Gasteiger partial charge on any atom is 0.245 e. The Morgan fingerprint density at radius 2 is 2.19 bits per heavy atom. The molecule has 0 atom stereocenters. The van der Waals surface area contributed by atoms with Crippen LogP contribution in [0.3, 0.4) is 0 Å². The summed E-state index contributed by atoms with van der Waals surface area (Å²) in [6, 6.07) is 4.00. The maximum atomic E-state index is 4.68. The molecule has 0 aromatic carbocycles. The van der Waals surface area contributed by atoms with Crippen LogP contribution in [-0.4, -0.2) is 40.8 Å². The highest BCUT2D eigenvalue weighted by atomic mass is 79.9. The molecular weight excluding hydrogens is 330 g/mol. The molecule has 5 nitrogen and oxygen atoms in total. The summed E-state index contributed by atoms with van der Waals surface area (Å²) in [6.45, 7) is 6.56. The fraction of sp³-hybridized carbons (Fsp3) is 0.600. The zero-order valence-electron chi connectivity index (χ0n) is 12.4. The van der Waals surface area contributed by atoms with E-state index < -0.39 is 0 Å². The normalized spacial score (nSPS) is 16.5. The lowest BCUT2D eigenvalue weighted by Crippen LogP contribution is -2.37. The monoisotopic (exact) mass is 351 g/mol. The van der Waals surface area contributed by atoms with E-state index in [0.717, 1.165) is 54.6 Å². The summed E-state index contributed by atoms with van der Waals surface area (Å²) in [4.78, 5) is 7.02. The van der Waals surface area contributed by atoms with Gasteiger partial charge in [0.05, 0.1) is 0 Å². The molecule has 0 spiro atoms. The second-order valence-corrected chi connectivity index (χ2v) is 6.62. The van der Waals surface area contributed by atoms with Gasteiger partial charge in [-0.05, 0) is 66.3 Å². The standard InChI is InChI=1S/C15H22BrN5/c1-2-9-20(10-12-5-7-17-8-6-12)15-18-14-4-3-13(16)11-21(14)19-15/h3-4,11-12,17H,2,5-10H2,1H3. The molecule has 1 N–H and O–H groups in total. The number of nitrogens with zero attached hydrogens (tertiary/aromatic N) is 4. The number of hydrogen-bond donors (Lipinski definition) is 1. The fourth-order valence-electron chi connectivity index (χ4n) is 2.90. The minimum absolute atomic E-state index is 0.746. The fourth-order valence-corrected chi connectivity index (χ4v) is 3.23. The number of pyridine rings is 1. The molecule has 114 valence electrons. The number of rotatable bonds is 5. The first-order valence-corrected chi connectivity index (χ1v) is 8.53. The zero-order chi connectivity index (χ0) is 14.7. The average Bonchev–Trinajstić information content (AvgIpc) is 2.91. The Labute approximate surface area is 133 Å². The van der Waals surface area contributed by atoms with E-state index in [9.17, 15) is 0 Å². The van der Waals surface area contributed by atoms with Crippen LogP contribution in [0.15, 0.2) is 22.8 Å². The van der Waals surface area contributed by atoms with Gasteiger partial charge in [-0.1, -0.05) is 6.92 Å². The number of nitrogens with one attached hydrogen (secondary N) is 1.